The van der Waals surface area contributed by atoms with Crippen LogP contribution in [0, 0.1) is 0 Å². The van der Waals surface area contributed by atoms with E-state index in [-0.39, 0.29) is 0 Å². The molecule has 1 aliphatic rings. The number of hydrogen-bond acceptors (Lipinski definition) is 4. The maximum atomic E-state index is 6.50. The first-order valence-electron chi connectivity index (χ1n) is 7.54. The second-order valence-corrected chi connectivity index (χ2v) is 7.74. The minimum atomic E-state index is 0.560. The quantitative estimate of drug-likeness (QED) is 0.791. The van der Waals surface area contributed by atoms with Gasteiger partial charge in [-0.25, -0.2) is 4.98 Å². The monoisotopic (exact) mass is 355 g/mol. The highest BCUT2D eigenvalue weighted by Gasteiger charge is 2.20. The van der Waals surface area contributed by atoms with E-state index in [4.69, 9.17) is 23.2 Å². The summed E-state index contributed by atoms with van der Waals surface area (Å²) in [5.41, 5.74) is 2.16. The zero-order valence-electron chi connectivity index (χ0n) is 12.5. The molecule has 1 aromatic heterocycles. The molecule has 22 heavy (non-hydrogen) atoms. The van der Waals surface area contributed by atoms with Gasteiger partial charge in [-0.2, -0.15) is 0 Å². The molecule has 3 rings (SSSR count). The molecule has 0 aliphatic carbocycles. The third kappa shape index (κ3) is 3.67. The molecule has 1 aliphatic heterocycles. The molecule has 1 N–H and O–H groups in total. The number of thiazole rings is 1. The molecule has 3 nitrogen and oxygen atoms in total. The third-order valence-electron chi connectivity index (χ3n) is 4.05. The van der Waals surface area contributed by atoms with Gasteiger partial charge in [0.2, 0.25) is 0 Å². The molecule has 1 atom stereocenters. The highest BCUT2D eigenvalue weighted by atomic mass is 35.5. The number of nitrogens with zero attached hydrogens (tertiary/aromatic N) is 2. The molecule has 1 unspecified atom stereocenters. The zero-order valence-corrected chi connectivity index (χ0v) is 14.8. The fourth-order valence-corrected chi connectivity index (χ4v) is 4.07. The van der Waals surface area contributed by atoms with Gasteiger partial charge in [0, 0.05) is 29.3 Å². The molecule has 0 spiro atoms. The van der Waals surface area contributed by atoms with Crippen LogP contribution in [0.15, 0.2) is 24.4 Å². The Morgan fingerprint density at radius 2 is 2.23 bits per heavy atom. The van der Waals surface area contributed by atoms with Crippen LogP contribution < -0.4 is 10.2 Å². The number of anilines is 2. The summed E-state index contributed by atoms with van der Waals surface area (Å²) >= 11 is 13.8. The van der Waals surface area contributed by atoms with Crippen LogP contribution in [-0.4, -0.2) is 17.6 Å². The summed E-state index contributed by atoms with van der Waals surface area (Å²) in [5.74, 6) is 0. The molecule has 2 heterocycles. The number of nitrogens with one attached hydrogen (secondary N) is 1. The second kappa shape index (κ2) is 7.07. The van der Waals surface area contributed by atoms with Crippen LogP contribution >= 0.6 is 34.5 Å². The molecule has 0 bridgehead atoms. The van der Waals surface area contributed by atoms with Crippen molar-refractivity contribution in [3.8, 4) is 0 Å². The average Bonchev–Trinajstić information content (AvgIpc) is 2.92. The Morgan fingerprint density at radius 3 is 2.91 bits per heavy atom. The Morgan fingerprint density at radius 1 is 1.36 bits per heavy atom. The summed E-state index contributed by atoms with van der Waals surface area (Å²) in [6.45, 7) is 4.07. The Bertz CT molecular complexity index is 644. The largest absolute Gasteiger partial charge is 0.380 e. The predicted molar refractivity (Wildman–Crippen MR) is 96.6 cm³/mol. The summed E-state index contributed by atoms with van der Waals surface area (Å²) in [4.78, 5) is 7.56. The van der Waals surface area contributed by atoms with Crippen LogP contribution in [0.4, 0.5) is 11.4 Å². The Kier molecular flexibility index (Phi) is 5.11. The van der Waals surface area contributed by atoms with Gasteiger partial charge in [0.15, 0.2) is 4.47 Å². The lowest BCUT2D eigenvalue weighted by molar-refractivity contribution is 0.485. The maximum absolute atomic E-state index is 6.50. The topological polar surface area (TPSA) is 28.2 Å². The number of rotatable bonds is 4. The minimum Gasteiger partial charge on any atom is -0.380 e. The molecule has 1 saturated heterocycles. The third-order valence-corrected chi connectivity index (χ3v) is 5.47. The van der Waals surface area contributed by atoms with Gasteiger partial charge in [0.1, 0.15) is 0 Å². The lowest BCUT2D eigenvalue weighted by Gasteiger charge is -2.36. The van der Waals surface area contributed by atoms with Gasteiger partial charge in [-0.05, 0) is 44.4 Å². The van der Waals surface area contributed by atoms with Gasteiger partial charge in [0.25, 0.3) is 0 Å². The first-order chi connectivity index (χ1) is 10.6. The van der Waals surface area contributed by atoms with Gasteiger partial charge >= 0.3 is 0 Å². The molecular weight excluding hydrogens is 337 g/mol. The predicted octanol–water partition coefficient (Wildman–Crippen LogP) is 5.44. The van der Waals surface area contributed by atoms with Crippen molar-refractivity contribution in [2.75, 3.05) is 16.8 Å². The molecule has 0 radical (unpaired) electrons. The van der Waals surface area contributed by atoms with Gasteiger partial charge in [-0.15, -0.1) is 11.3 Å². The van der Waals surface area contributed by atoms with Gasteiger partial charge in [-0.3, -0.25) is 0 Å². The van der Waals surface area contributed by atoms with E-state index < -0.39 is 0 Å². The molecule has 0 saturated carbocycles. The summed E-state index contributed by atoms with van der Waals surface area (Å²) < 4.78 is 0.573. The normalized spacial score (nSPS) is 18.5. The van der Waals surface area contributed by atoms with Crippen LogP contribution in [0.2, 0.25) is 9.49 Å². The average molecular weight is 356 g/mol. The maximum Gasteiger partial charge on any atom is 0.183 e. The molecule has 6 heteroatoms. The molecule has 1 aromatic carbocycles. The summed E-state index contributed by atoms with van der Waals surface area (Å²) in [5, 5.41) is 4.17. The Labute approximate surface area is 145 Å². The first kappa shape index (κ1) is 15.9. The van der Waals surface area contributed by atoms with E-state index in [1.54, 1.807) is 6.20 Å². The first-order valence-corrected chi connectivity index (χ1v) is 9.11. The SMILES string of the molecule is CC1CCCCN1c1ccc(NCc2cnc(Cl)s2)cc1Cl. The van der Waals surface area contributed by atoms with Crippen LogP contribution in [0.1, 0.15) is 31.1 Å². The van der Waals surface area contributed by atoms with E-state index in [1.165, 1.54) is 30.6 Å². The van der Waals surface area contributed by atoms with Crippen LogP contribution in [0.3, 0.4) is 0 Å². The highest BCUT2D eigenvalue weighted by molar-refractivity contribution is 7.15. The van der Waals surface area contributed by atoms with Gasteiger partial charge < -0.3 is 10.2 Å². The van der Waals surface area contributed by atoms with E-state index in [2.05, 4.69) is 34.3 Å². The number of hydrogen-bond donors (Lipinski definition) is 1. The van der Waals surface area contributed by atoms with Crippen molar-refractivity contribution < 1.29 is 0 Å². The van der Waals surface area contributed by atoms with Crippen LogP contribution in [0.5, 0.6) is 0 Å². The number of piperidine rings is 1. The fraction of sp³-hybridized carbons (Fsp3) is 0.438. The molecule has 2 aromatic rings. The van der Waals surface area contributed by atoms with Crippen molar-refractivity contribution in [2.45, 2.75) is 38.8 Å². The summed E-state index contributed by atoms with van der Waals surface area (Å²) in [7, 11) is 0. The van der Waals surface area contributed by atoms with Crippen molar-refractivity contribution >= 4 is 45.9 Å². The zero-order chi connectivity index (χ0) is 15.5. The van der Waals surface area contributed by atoms with E-state index in [1.807, 2.05) is 6.07 Å². The lowest BCUT2D eigenvalue weighted by atomic mass is 10.0. The lowest BCUT2D eigenvalue weighted by Crippen LogP contribution is -2.37. The standard InChI is InChI=1S/C16H19Cl2N3S/c1-11-4-2-3-7-21(11)15-6-5-12(8-14(15)17)19-9-13-10-20-16(18)22-13/h5-6,8,10-11,19H,2-4,7,9H2,1H3. The van der Waals surface area contributed by atoms with E-state index in [0.717, 1.165) is 27.8 Å². The Hall–Kier alpha value is -0.970. The van der Waals surface area contributed by atoms with Crippen molar-refractivity contribution in [1.82, 2.24) is 4.98 Å². The van der Waals surface area contributed by atoms with Crippen LogP contribution in [-0.2, 0) is 6.54 Å². The number of halogens is 2. The Balaban J connectivity index is 1.68. The van der Waals surface area contributed by atoms with Crippen molar-refractivity contribution in [2.24, 2.45) is 0 Å². The van der Waals surface area contributed by atoms with Crippen molar-refractivity contribution in [1.29, 1.82) is 0 Å². The molecule has 118 valence electrons. The van der Waals surface area contributed by atoms with Crippen molar-refractivity contribution in [3.63, 3.8) is 0 Å². The highest BCUT2D eigenvalue weighted by Crippen LogP contribution is 2.33. The molecular formula is C16H19Cl2N3S. The van der Waals surface area contributed by atoms with Gasteiger partial charge in [-0.1, -0.05) is 23.2 Å². The number of aromatic nitrogens is 1. The van der Waals surface area contributed by atoms with Crippen LogP contribution in [0.25, 0.3) is 0 Å². The molecule has 0 amide bonds. The van der Waals surface area contributed by atoms with Crippen molar-refractivity contribution in [3.05, 3.63) is 38.8 Å². The fourth-order valence-electron chi connectivity index (χ4n) is 2.86. The van der Waals surface area contributed by atoms with Gasteiger partial charge in [0.05, 0.1) is 17.3 Å². The smallest absolute Gasteiger partial charge is 0.183 e. The second-order valence-electron chi connectivity index (χ2n) is 5.64. The number of benzene rings is 1. The summed E-state index contributed by atoms with van der Waals surface area (Å²) in [6.07, 6.45) is 5.59. The van der Waals surface area contributed by atoms with E-state index >= 15 is 0 Å². The van der Waals surface area contributed by atoms with E-state index in [0.29, 0.717) is 17.1 Å². The minimum absolute atomic E-state index is 0.560. The molecule has 1 fully saturated rings. The van der Waals surface area contributed by atoms with E-state index in [9.17, 15) is 0 Å². The summed E-state index contributed by atoms with van der Waals surface area (Å²) in [6, 6.07) is 6.77.